The van der Waals surface area contributed by atoms with Gasteiger partial charge in [0, 0.05) is 4.88 Å². The summed E-state index contributed by atoms with van der Waals surface area (Å²) >= 11 is 1.54. The SMILES string of the molecule is CC(NC(=O)COC(=O)c1ccc(F)cc1)c1cccs1. The minimum Gasteiger partial charge on any atom is -0.452 e. The molecule has 0 fully saturated rings. The molecule has 1 amide bonds. The molecule has 4 nitrogen and oxygen atoms in total. The summed E-state index contributed by atoms with van der Waals surface area (Å²) in [5.74, 6) is -1.48. The van der Waals surface area contributed by atoms with Gasteiger partial charge in [-0.15, -0.1) is 11.3 Å². The van der Waals surface area contributed by atoms with E-state index in [1.54, 1.807) is 0 Å². The fourth-order valence-electron chi connectivity index (χ4n) is 1.69. The zero-order chi connectivity index (χ0) is 15.2. The van der Waals surface area contributed by atoms with E-state index in [0.717, 1.165) is 17.0 Å². The molecule has 0 bridgehead atoms. The minimum absolute atomic E-state index is 0.137. The third-order valence-electron chi connectivity index (χ3n) is 2.76. The van der Waals surface area contributed by atoms with Crippen molar-refractivity contribution in [3.05, 3.63) is 58.0 Å². The van der Waals surface area contributed by atoms with Crippen LogP contribution in [0, 0.1) is 5.82 Å². The molecule has 1 unspecified atom stereocenters. The summed E-state index contributed by atoms with van der Waals surface area (Å²) in [5, 5.41) is 4.66. The number of hydrogen-bond acceptors (Lipinski definition) is 4. The van der Waals surface area contributed by atoms with Crippen LogP contribution in [0.2, 0.25) is 0 Å². The third kappa shape index (κ3) is 4.39. The summed E-state index contributed by atoms with van der Waals surface area (Å²) in [6.45, 7) is 1.48. The maximum atomic E-state index is 12.7. The van der Waals surface area contributed by atoms with Gasteiger partial charge < -0.3 is 10.1 Å². The average Bonchev–Trinajstić information content (AvgIpc) is 3.00. The maximum absolute atomic E-state index is 12.7. The minimum atomic E-state index is -0.658. The van der Waals surface area contributed by atoms with Gasteiger partial charge in [0.15, 0.2) is 6.61 Å². The average molecular weight is 307 g/mol. The number of nitrogens with one attached hydrogen (secondary N) is 1. The number of carbonyl (C=O) groups is 2. The molecule has 0 saturated carbocycles. The Bertz CT molecular complexity index is 610. The number of ether oxygens (including phenoxy) is 1. The molecule has 1 aromatic carbocycles. The number of esters is 1. The predicted molar refractivity (Wildman–Crippen MR) is 77.6 cm³/mol. The smallest absolute Gasteiger partial charge is 0.338 e. The number of amides is 1. The number of rotatable bonds is 5. The topological polar surface area (TPSA) is 55.4 Å². The lowest BCUT2D eigenvalue weighted by molar-refractivity contribution is -0.124. The van der Waals surface area contributed by atoms with Crippen molar-refractivity contribution in [3.8, 4) is 0 Å². The molecule has 1 heterocycles. The lowest BCUT2D eigenvalue weighted by Gasteiger charge is -2.12. The second-order valence-corrected chi connectivity index (χ2v) is 5.37. The predicted octanol–water partition coefficient (Wildman–Crippen LogP) is 2.92. The number of thiophene rings is 1. The van der Waals surface area contributed by atoms with Crippen LogP contribution in [0.5, 0.6) is 0 Å². The van der Waals surface area contributed by atoms with Crippen LogP contribution in [0.4, 0.5) is 4.39 Å². The Morgan fingerprint density at radius 1 is 1.29 bits per heavy atom. The van der Waals surface area contributed by atoms with Crippen molar-refractivity contribution in [2.24, 2.45) is 0 Å². The Kier molecular flexibility index (Phi) is 5.05. The first kappa shape index (κ1) is 15.2. The summed E-state index contributed by atoms with van der Waals surface area (Å²) in [5.41, 5.74) is 0.204. The molecule has 21 heavy (non-hydrogen) atoms. The number of carbonyl (C=O) groups excluding carboxylic acids is 2. The van der Waals surface area contributed by atoms with Crippen molar-refractivity contribution in [1.29, 1.82) is 0 Å². The molecule has 0 spiro atoms. The molecule has 1 aromatic heterocycles. The number of benzene rings is 1. The Balaban J connectivity index is 1.81. The Morgan fingerprint density at radius 3 is 2.62 bits per heavy atom. The van der Waals surface area contributed by atoms with E-state index in [1.165, 1.54) is 23.5 Å². The van der Waals surface area contributed by atoms with E-state index in [1.807, 2.05) is 24.4 Å². The number of hydrogen-bond donors (Lipinski definition) is 1. The van der Waals surface area contributed by atoms with E-state index in [0.29, 0.717) is 0 Å². The van der Waals surface area contributed by atoms with E-state index in [-0.39, 0.29) is 24.1 Å². The van der Waals surface area contributed by atoms with Crippen molar-refractivity contribution >= 4 is 23.2 Å². The highest BCUT2D eigenvalue weighted by molar-refractivity contribution is 7.10. The first-order chi connectivity index (χ1) is 10.1. The molecule has 6 heteroatoms. The molecule has 0 saturated heterocycles. The van der Waals surface area contributed by atoms with Crippen LogP contribution >= 0.6 is 11.3 Å². The molecule has 0 radical (unpaired) electrons. The van der Waals surface area contributed by atoms with E-state index < -0.39 is 11.8 Å². The molecule has 110 valence electrons. The van der Waals surface area contributed by atoms with Gasteiger partial charge in [0.1, 0.15) is 5.82 Å². The maximum Gasteiger partial charge on any atom is 0.338 e. The lowest BCUT2D eigenvalue weighted by Crippen LogP contribution is -2.30. The van der Waals surface area contributed by atoms with Gasteiger partial charge in [-0.25, -0.2) is 9.18 Å². The first-order valence-electron chi connectivity index (χ1n) is 6.31. The Labute approximate surface area is 125 Å². The van der Waals surface area contributed by atoms with Gasteiger partial charge >= 0.3 is 5.97 Å². The monoisotopic (exact) mass is 307 g/mol. The molecule has 1 atom stereocenters. The van der Waals surface area contributed by atoms with Gasteiger partial charge in [-0.05, 0) is 42.6 Å². The van der Waals surface area contributed by atoms with Gasteiger partial charge in [0.25, 0.3) is 5.91 Å². The molecule has 2 aromatic rings. The zero-order valence-corrected chi connectivity index (χ0v) is 12.2. The van der Waals surface area contributed by atoms with Crippen molar-refractivity contribution in [2.45, 2.75) is 13.0 Å². The second kappa shape index (κ2) is 6.99. The highest BCUT2D eigenvalue weighted by Crippen LogP contribution is 2.17. The Morgan fingerprint density at radius 2 is 2.00 bits per heavy atom. The number of halogens is 1. The van der Waals surface area contributed by atoms with Gasteiger partial charge in [-0.1, -0.05) is 6.07 Å². The summed E-state index contributed by atoms with van der Waals surface area (Å²) in [6, 6.07) is 8.62. The Hall–Kier alpha value is -2.21. The highest BCUT2D eigenvalue weighted by atomic mass is 32.1. The van der Waals surface area contributed by atoms with Crippen molar-refractivity contribution in [1.82, 2.24) is 5.32 Å². The van der Waals surface area contributed by atoms with Gasteiger partial charge in [0.2, 0.25) is 0 Å². The van der Waals surface area contributed by atoms with Crippen molar-refractivity contribution < 1.29 is 18.7 Å². The highest BCUT2D eigenvalue weighted by Gasteiger charge is 2.13. The van der Waals surface area contributed by atoms with Gasteiger partial charge in [0.05, 0.1) is 11.6 Å². The van der Waals surface area contributed by atoms with E-state index >= 15 is 0 Å². The van der Waals surface area contributed by atoms with E-state index in [2.05, 4.69) is 5.32 Å². The van der Waals surface area contributed by atoms with Crippen LogP contribution in [0.25, 0.3) is 0 Å². The fraction of sp³-hybridized carbons (Fsp3) is 0.200. The summed E-state index contributed by atoms with van der Waals surface area (Å²) in [7, 11) is 0. The molecule has 1 N–H and O–H groups in total. The van der Waals surface area contributed by atoms with Gasteiger partial charge in [-0.2, -0.15) is 0 Å². The van der Waals surface area contributed by atoms with E-state index in [9.17, 15) is 14.0 Å². The van der Waals surface area contributed by atoms with Crippen molar-refractivity contribution in [3.63, 3.8) is 0 Å². The molecule has 0 aliphatic carbocycles. The van der Waals surface area contributed by atoms with Crippen LogP contribution in [0.15, 0.2) is 41.8 Å². The largest absolute Gasteiger partial charge is 0.452 e. The summed E-state index contributed by atoms with van der Waals surface area (Å²) in [6.07, 6.45) is 0. The summed E-state index contributed by atoms with van der Waals surface area (Å²) < 4.78 is 17.6. The van der Waals surface area contributed by atoms with E-state index in [4.69, 9.17) is 4.74 Å². The quantitative estimate of drug-likeness (QED) is 0.864. The van der Waals surface area contributed by atoms with Crippen molar-refractivity contribution in [2.75, 3.05) is 6.61 Å². The lowest BCUT2D eigenvalue weighted by atomic mass is 10.2. The summed E-state index contributed by atoms with van der Waals surface area (Å²) in [4.78, 5) is 24.4. The molecule has 2 rings (SSSR count). The van der Waals surface area contributed by atoms with Crippen LogP contribution in [0.1, 0.15) is 28.2 Å². The second-order valence-electron chi connectivity index (χ2n) is 4.39. The molecule has 0 aliphatic heterocycles. The first-order valence-corrected chi connectivity index (χ1v) is 7.19. The van der Waals surface area contributed by atoms with Crippen LogP contribution < -0.4 is 5.32 Å². The zero-order valence-electron chi connectivity index (χ0n) is 11.3. The van der Waals surface area contributed by atoms with Crippen LogP contribution in [-0.2, 0) is 9.53 Å². The molecule has 0 aliphatic rings. The van der Waals surface area contributed by atoms with Crippen LogP contribution in [0.3, 0.4) is 0 Å². The normalized spacial score (nSPS) is 11.7. The molecular weight excluding hydrogens is 293 g/mol. The standard InChI is InChI=1S/C15H14FNO3S/c1-10(13-3-2-8-21-13)17-14(18)9-20-15(19)11-4-6-12(16)7-5-11/h2-8,10H,9H2,1H3,(H,17,18). The van der Waals surface area contributed by atoms with Gasteiger partial charge in [-0.3, -0.25) is 4.79 Å². The van der Waals surface area contributed by atoms with Crippen LogP contribution in [-0.4, -0.2) is 18.5 Å². The fourth-order valence-corrected chi connectivity index (χ4v) is 2.43. The third-order valence-corrected chi connectivity index (χ3v) is 3.82. The molecular formula is C15H14FNO3S.